The van der Waals surface area contributed by atoms with Crippen molar-refractivity contribution in [2.45, 2.75) is 64.5 Å². The predicted molar refractivity (Wildman–Crippen MR) is 89.6 cm³/mol. The monoisotopic (exact) mass is 289 g/mol. The number of rotatable bonds is 7. The van der Waals surface area contributed by atoms with Crippen LogP contribution in [0.1, 0.15) is 63.1 Å². The lowest BCUT2D eigenvalue weighted by Crippen LogP contribution is -2.31. The molecule has 0 bridgehead atoms. The zero-order valence-electron chi connectivity index (χ0n) is 13.9. The highest BCUT2D eigenvalue weighted by atomic mass is 16.5. The maximum atomic E-state index is 6.29. The second kappa shape index (κ2) is 8.55. The van der Waals surface area contributed by atoms with Crippen LogP contribution in [0.3, 0.4) is 0 Å². The summed E-state index contributed by atoms with van der Waals surface area (Å²) < 4.78 is 6.29. The molecular formula is C19H31NO. The standard InChI is InChI=1S/C19H31NO/c1-4-15-10-12-17(13-11-15)18(20-3)14-21-19-9-7-6-8-16(19)5-2/h10-13,16,18-20H,4-9,14H2,1-3H3. The zero-order valence-corrected chi connectivity index (χ0v) is 13.9. The summed E-state index contributed by atoms with van der Waals surface area (Å²) in [7, 11) is 2.03. The van der Waals surface area contributed by atoms with Crippen LogP contribution in [-0.4, -0.2) is 19.8 Å². The quantitative estimate of drug-likeness (QED) is 0.798. The van der Waals surface area contributed by atoms with Crippen molar-refractivity contribution in [1.82, 2.24) is 5.32 Å². The molecule has 118 valence electrons. The SMILES string of the molecule is CCc1ccc(C(COC2CCCCC2CC)NC)cc1. The molecule has 0 aromatic heterocycles. The first kappa shape index (κ1) is 16.5. The number of aryl methyl sites for hydroxylation is 1. The van der Waals surface area contributed by atoms with Crippen LogP contribution in [0.5, 0.6) is 0 Å². The van der Waals surface area contributed by atoms with E-state index in [9.17, 15) is 0 Å². The first-order chi connectivity index (χ1) is 10.3. The molecule has 1 saturated carbocycles. The number of hydrogen-bond acceptors (Lipinski definition) is 2. The third kappa shape index (κ3) is 4.55. The summed E-state index contributed by atoms with van der Waals surface area (Å²) in [5.74, 6) is 0.763. The fourth-order valence-corrected chi connectivity index (χ4v) is 3.41. The van der Waals surface area contributed by atoms with Crippen molar-refractivity contribution in [2.75, 3.05) is 13.7 Å². The predicted octanol–water partition coefficient (Wildman–Crippen LogP) is 4.49. The van der Waals surface area contributed by atoms with E-state index in [1.165, 1.54) is 43.2 Å². The van der Waals surface area contributed by atoms with Crippen molar-refractivity contribution in [3.8, 4) is 0 Å². The molecule has 2 rings (SSSR count). The lowest BCUT2D eigenvalue weighted by molar-refractivity contribution is -0.0210. The lowest BCUT2D eigenvalue weighted by Gasteiger charge is -2.32. The van der Waals surface area contributed by atoms with Crippen molar-refractivity contribution in [3.63, 3.8) is 0 Å². The molecule has 0 saturated heterocycles. The van der Waals surface area contributed by atoms with Crippen LogP contribution in [0.25, 0.3) is 0 Å². The van der Waals surface area contributed by atoms with Crippen LogP contribution in [0.2, 0.25) is 0 Å². The van der Waals surface area contributed by atoms with Gasteiger partial charge >= 0.3 is 0 Å². The smallest absolute Gasteiger partial charge is 0.0665 e. The van der Waals surface area contributed by atoms with Crippen LogP contribution in [0.4, 0.5) is 0 Å². The van der Waals surface area contributed by atoms with E-state index < -0.39 is 0 Å². The normalized spacial score (nSPS) is 24.0. The van der Waals surface area contributed by atoms with Gasteiger partial charge in [0.15, 0.2) is 0 Å². The van der Waals surface area contributed by atoms with Crippen LogP contribution in [-0.2, 0) is 11.2 Å². The van der Waals surface area contributed by atoms with E-state index in [1.807, 2.05) is 7.05 Å². The highest BCUT2D eigenvalue weighted by Crippen LogP contribution is 2.30. The van der Waals surface area contributed by atoms with E-state index in [1.54, 1.807) is 0 Å². The molecule has 1 aromatic rings. The number of nitrogens with one attached hydrogen (secondary N) is 1. The van der Waals surface area contributed by atoms with E-state index >= 15 is 0 Å². The van der Waals surface area contributed by atoms with Gasteiger partial charge in [0.25, 0.3) is 0 Å². The summed E-state index contributed by atoms with van der Waals surface area (Å²) in [6, 6.07) is 9.24. The van der Waals surface area contributed by atoms with Crippen LogP contribution < -0.4 is 5.32 Å². The molecule has 1 aliphatic carbocycles. The van der Waals surface area contributed by atoms with Gasteiger partial charge in [0.1, 0.15) is 0 Å². The average Bonchev–Trinajstić information content (AvgIpc) is 2.56. The molecule has 1 N–H and O–H groups in total. The fraction of sp³-hybridized carbons (Fsp3) is 0.684. The maximum Gasteiger partial charge on any atom is 0.0665 e. The Hall–Kier alpha value is -0.860. The molecule has 2 nitrogen and oxygen atoms in total. The molecule has 3 atom stereocenters. The van der Waals surface area contributed by atoms with Gasteiger partial charge in [-0.15, -0.1) is 0 Å². The van der Waals surface area contributed by atoms with Gasteiger partial charge in [-0.25, -0.2) is 0 Å². The van der Waals surface area contributed by atoms with Crippen molar-refractivity contribution in [2.24, 2.45) is 5.92 Å². The molecule has 0 aliphatic heterocycles. The summed E-state index contributed by atoms with van der Waals surface area (Å²) in [4.78, 5) is 0. The highest BCUT2D eigenvalue weighted by Gasteiger charge is 2.25. The summed E-state index contributed by atoms with van der Waals surface area (Å²) in [6.45, 7) is 5.27. The van der Waals surface area contributed by atoms with Gasteiger partial charge in [0, 0.05) is 0 Å². The third-order valence-electron chi connectivity index (χ3n) is 4.98. The number of hydrogen-bond donors (Lipinski definition) is 1. The third-order valence-corrected chi connectivity index (χ3v) is 4.98. The van der Waals surface area contributed by atoms with E-state index in [0.29, 0.717) is 12.1 Å². The van der Waals surface area contributed by atoms with Gasteiger partial charge in [-0.05, 0) is 43.4 Å². The zero-order chi connectivity index (χ0) is 15.1. The Morgan fingerprint density at radius 2 is 1.86 bits per heavy atom. The molecule has 1 aromatic carbocycles. The van der Waals surface area contributed by atoms with E-state index in [2.05, 4.69) is 43.4 Å². The van der Waals surface area contributed by atoms with E-state index in [0.717, 1.165) is 18.9 Å². The first-order valence-electron chi connectivity index (χ1n) is 8.66. The lowest BCUT2D eigenvalue weighted by atomic mass is 9.85. The molecule has 0 radical (unpaired) electrons. The molecule has 1 aliphatic rings. The molecular weight excluding hydrogens is 258 g/mol. The molecule has 0 amide bonds. The Kier molecular flexibility index (Phi) is 6.72. The summed E-state index contributed by atoms with van der Waals surface area (Å²) in [5.41, 5.74) is 2.73. The molecule has 2 heteroatoms. The Bertz CT molecular complexity index is 401. The topological polar surface area (TPSA) is 21.3 Å². The van der Waals surface area contributed by atoms with Gasteiger partial charge in [-0.3, -0.25) is 0 Å². The second-order valence-electron chi connectivity index (χ2n) is 6.26. The minimum absolute atomic E-state index is 0.301. The number of likely N-dealkylation sites (N-methyl/N-ethyl adjacent to an activating group) is 1. The molecule has 21 heavy (non-hydrogen) atoms. The molecule has 1 fully saturated rings. The van der Waals surface area contributed by atoms with Gasteiger partial charge in [-0.1, -0.05) is 57.4 Å². The van der Waals surface area contributed by atoms with E-state index in [4.69, 9.17) is 4.74 Å². The largest absolute Gasteiger partial charge is 0.376 e. The minimum atomic E-state index is 0.301. The van der Waals surface area contributed by atoms with Crippen molar-refractivity contribution in [3.05, 3.63) is 35.4 Å². The Labute approximate surface area is 130 Å². The number of benzene rings is 1. The van der Waals surface area contributed by atoms with Gasteiger partial charge in [0.05, 0.1) is 18.8 Å². The van der Waals surface area contributed by atoms with Crippen molar-refractivity contribution >= 4 is 0 Å². The van der Waals surface area contributed by atoms with Gasteiger partial charge in [-0.2, -0.15) is 0 Å². The van der Waals surface area contributed by atoms with Crippen LogP contribution >= 0.6 is 0 Å². The molecule has 0 heterocycles. The van der Waals surface area contributed by atoms with Crippen LogP contribution in [0.15, 0.2) is 24.3 Å². The maximum absolute atomic E-state index is 6.29. The number of ether oxygens (including phenoxy) is 1. The average molecular weight is 289 g/mol. The van der Waals surface area contributed by atoms with Crippen LogP contribution in [0, 0.1) is 5.92 Å². The molecule has 0 spiro atoms. The summed E-state index contributed by atoms with van der Waals surface area (Å²) >= 11 is 0. The first-order valence-corrected chi connectivity index (χ1v) is 8.66. The fourth-order valence-electron chi connectivity index (χ4n) is 3.41. The van der Waals surface area contributed by atoms with Crippen molar-refractivity contribution in [1.29, 1.82) is 0 Å². The van der Waals surface area contributed by atoms with Gasteiger partial charge in [0.2, 0.25) is 0 Å². The Balaban J connectivity index is 1.91. The Morgan fingerprint density at radius 1 is 1.14 bits per heavy atom. The minimum Gasteiger partial charge on any atom is -0.376 e. The highest BCUT2D eigenvalue weighted by molar-refractivity contribution is 5.25. The Morgan fingerprint density at radius 3 is 2.48 bits per heavy atom. The second-order valence-corrected chi connectivity index (χ2v) is 6.26. The van der Waals surface area contributed by atoms with Gasteiger partial charge < -0.3 is 10.1 Å². The summed E-state index contributed by atoms with van der Waals surface area (Å²) in [6.07, 6.45) is 8.11. The van der Waals surface area contributed by atoms with Crippen molar-refractivity contribution < 1.29 is 4.74 Å². The summed E-state index contributed by atoms with van der Waals surface area (Å²) in [5, 5.41) is 3.40. The molecule has 3 unspecified atom stereocenters. The van der Waals surface area contributed by atoms with E-state index in [-0.39, 0.29) is 0 Å².